The van der Waals surface area contributed by atoms with E-state index in [0.717, 1.165) is 18.4 Å². The molecule has 1 saturated carbocycles. The van der Waals surface area contributed by atoms with Crippen LogP contribution in [-0.2, 0) is 4.74 Å². The van der Waals surface area contributed by atoms with Crippen LogP contribution >= 0.6 is 0 Å². The van der Waals surface area contributed by atoms with Crippen molar-refractivity contribution in [2.75, 3.05) is 19.9 Å². The monoisotopic (exact) mass is 235 g/mol. The maximum absolute atomic E-state index is 6.02. The molecule has 3 N–H and O–H groups in total. The van der Waals surface area contributed by atoms with E-state index in [2.05, 4.69) is 17.2 Å². The standard InChI is InChI=1S/C13H21N3O/c1-9-5-8-16-12(14)10(9)11(15-2)13(17-3)6-4-7-13/h5,8,11,15H,4,6-7H2,1-3H3,(H2,14,16). The molecule has 1 aliphatic carbocycles. The molecule has 1 fully saturated rings. The summed E-state index contributed by atoms with van der Waals surface area (Å²) >= 11 is 0. The molecule has 1 unspecified atom stereocenters. The first-order valence-electron chi connectivity index (χ1n) is 6.08. The third kappa shape index (κ3) is 1.91. The van der Waals surface area contributed by atoms with Crippen LogP contribution in [0.5, 0.6) is 0 Å². The average Bonchev–Trinajstić information content (AvgIpc) is 2.25. The Morgan fingerprint density at radius 2 is 2.24 bits per heavy atom. The van der Waals surface area contributed by atoms with E-state index in [0.29, 0.717) is 5.82 Å². The van der Waals surface area contributed by atoms with E-state index >= 15 is 0 Å². The van der Waals surface area contributed by atoms with Crippen molar-refractivity contribution in [3.8, 4) is 0 Å². The van der Waals surface area contributed by atoms with Gasteiger partial charge in [0.25, 0.3) is 0 Å². The predicted molar refractivity (Wildman–Crippen MR) is 68.8 cm³/mol. The number of methoxy groups -OCH3 is 1. The number of anilines is 1. The first-order valence-corrected chi connectivity index (χ1v) is 6.08. The van der Waals surface area contributed by atoms with Crippen LogP contribution < -0.4 is 11.1 Å². The SMILES string of the molecule is CNC(c1c(C)ccnc1N)C1(OC)CCC1. The molecule has 0 radical (unpaired) electrons. The summed E-state index contributed by atoms with van der Waals surface area (Å²) in [5.41, 5.74) is 8.15. The summed E-state index contributed by atoms with van der Waals surface area (Å²) in [5, 5.41) is 3.35. The number of aryl methyl sites for hydroxylation is 1. The first-order chi connectivity index (χ1) is 8.14. The largest absolute Gasteiger partial charge is 0.383 e. The summed E-state index contributed by atoms with van der Waals surface area (Å²) in [4.78, 5) is 4.20. The summed E-state index contributed by atoms with van der Waals surface area (Å²) in [6, 6.07) is 2.12. The van der Waals surface area contributed by atoms with Gasteiger partial charge in [0.05, 0.1) is 11.6 Å². The van der Waals surface area contributed by atoms with Crippen LogP contribution in [-0.4, -0.2) is 24.7 Å². The maximum Gasteiger partial charge on any atom is 0.128 e. The molecule has 17 heavy (non-hydrogen) atoms. The van der Waals surface area contributed by atoms with Gasteiger partial charge in [0, 0.05) is 18.9 Å². The second kappa shape index (κ2) is 4.63. The van der Waals surface area contributed by atoms with Crippen molar-refractivity contribution in [1.29, 1.82) is 0 Å². The highest BCUT2D eigenvalue weighted by Gasteiger charge is 2.45. The van der Waals surface area contributed by atoms with Crippen LogP contribution in [0.25, 0.3) is 0 Å². The third-order valence-corrected chi connectivity index (χ3v) is 3.95. The zero-order valence-electron chi connectivity index (χ0n) is 10.8. The highest BCUT2D eigenvalue weighted by atomic mass is 16.5. The first kappa shape index (κ1) is 12.3. The predicted octanol–water partition coefficient (Wildman–Crippen LogP) is 1.80. The fraction of sp³-hybridized carbons (Fsp3) is 0.615. The summed E-state index contributed by atoms with van der Waals surface area (Å²) in [6.45, 7) is 2.07. The van der Waals surface area contributed by atoms with E-state index < -0.39 is 0 Å². The van der Waals surface area contributed by atoms with Crippen LogP contribution in [0.4, 0.5) is 5.82 Å². The van der Waals surface area contributed by atoms with Gasteiger partial charge in [-0.3, -0.25) is 0 Å². The lowest BCUT2D eigenvalue weighted by atomic mass is 9.71. The Morgan fingerprint density at radius 1 is 1.53 bits per heavy atom. The second-order valence-corrected chi connectivity index (χ2v) is 4.77. The van der Waals surface area contributed by atoms with Gasteiger partial charge in [-0.15, -0.1) is 0 Å². The molecule has 1 aromatic heterocycles. The van der Waals surface area contributed by atoms with E-state index in [1.807, 2.05) is 13.1 Å². The van der Waals surface area contributed by atoms with Gasteiger partial charge in [0.2, 0.25) is 0 Å². The molecule has 4 heteroatoms. The minimum atomic E-state index is -0.114. The van der Waals surface area contributed by atoms with Gasteiger partial charge in [-0.2, -0.15) is 0 Å². The molecular formula is C13H21N3O. The van der Waals surface area contributed by atoms with Gasteiger partial charge in [0.1, 0.15) is 5.82 Å². The van der Waals surface area contributed by atoms with Gasteiger partial charge in [-0.25, -0.2) is 4.98 Å². The Labute approximate surface area is 103 Å². The number of pyridine rings is 1. The van der Waals surface area contributed by atoms with E-state index in [1.165, 1.54) is 12.0 Å². The lowest BCUT2D eigenvalue weighted by molar-refractivity contribution is -0.0983. The minimum Gasteiger partial charge on any atom is -0.383 e. The van der Waals surface area contributed by atoms with Crippen molar-refractivity contribution >= 4 is 5.82 Å². The van der Waals surface area contributed by atoms with Gasteiger partial charge >= 0.3 is 0 Å². The lowest BCUT2D eigenvalue weighted by Gasteiger charge is -2.47. The van der Waals surface area contributed by atoms with Crippen molar-refractivity contribution in [2.24, 2.45) is 0 Å². The third-order valence-electron chi connectivity index (χ3n) is 3.95. The van der Waals surface area contributed by atoms with Gasteiger partial charge in [-0.1, -0.05) is 0 Å². The molecule has 0 bridgehead atoms. The molecular weight excluding hydrogens is 214 g/mol. The molecule has 1 aliphatic rings. The number of nitrogens with two attached hydrogens (primary N) is 1. The summed E-state index contributed by atoms with van der Waals surface area (Å²) in [7, 11) is 3.74. The fourth-order valence-corrected chi connectivity index (χ4v) is 2.77. The van der Waals surface area contributed by atoms with Crippen LogP contribution in [0.1, 0.15) is 36.4 Å². The Kier molecular flexibility index (Phi) is 3.35. The smallest absolute Gasteiger partial charge is 0.128 e. The van der Waals surface area contributed by atoms with E-state index in [1.54, 1.807) is 13.3 Å². The topological polar surface area (TPSA) is 60.2 Å². The number of nitrogens with one attached hydrogen (secondary N) is 1. The second-order valence-electron chi connectivity index (χ2n) is 4.77. The molecule has 94 valence electrons. The van der Waals surface area contributed by atoms with Crippen molar-refractivity contribution < 1.29 is 4.74 Å². The Hall–Kier alpha value is -1.13. The molecule has 1 aromatic rings. The Bertz CT molecular complexity index is 376. The van der Waals surface area contributed by atoms with E-state index in [4.69, 9.17) is 10.5 Å². The van der Waals surface area contributed by atoms with Gasteiger partial charge < -0.3 is 15.8 Å². The molecule has 0 aliphatic heterocycles. The van der Waals surface area contributed by atoms with Gasteiger partial charge in [0.15, 0.2) is 0 Å². The highest BCUT2D eigenvalue weighted by molar-refractivity contribution is 5.47. The maximum atomic E-state index is 6.02. The number of ether oxygens (including phenoxy) is 1. The summed E-state index contributed by atoms with van der Waals surface area (Å²) in [6.07, 6.45) is 5.11. The van der Waals surface area contributed by atoms with E-state index in [-0.39, 0.29) is 11.6 Å². The summed E-state index contributed by atoms with van der Waals surface area (Å²) in [5.74, 6) is 0.604. The number of aromatic nitrogens is 1. The van der Waals surface area contributed by atoms with Crippen LogP contribution in [0, 0.1) is 6.92 Å². The van der Waals surface area contributed by atoms with Crippen molar-refractivity contribution in [3.63, 3.8) is 0 Å². The molecule has 0 amide bonds. The van der Waals surface area contributed by atoms with Gasteiger partial charge in [-0.05, 0) is 44.9 Å². The Balaban J connectivity index is 2.42. The number of likely N-dealkylation sites (N-methyl/N-ethyl adjacent to an activating group) is 1. The summed E-state index contributed by atoms with van der Waals surface area (Å²) < 4.78 is 5.75. The van der Waals surface area contributed by atoms with Crippen LogP contribution in [0.3, 0.4) is 0 Å². The minimum absolute atomic E-state index is 0.114. The zero-order chi connectivity index (χ0) is 12.5. The fourth-order valence-electron chi connectivity index (χ4n) is 2.77. The quantitative estimate of drug-likeness (QED) is 0.835. The number of rotatable bonds is 4. The zero-order valence-corrected chi connectivity index (χ0v) is 10.8. The average molecular weight is 235 g/mol. The van der Waals surface area contributed by atoms with Crippen molar-refractivity contribution in [2.45, 2.75) is 37.8 Å². The molecule has 4 nitrogen and oxygen atoms in total. The number of hydrogen-bond acceptors (Lipinski definition) is 4. The number of hydrogen-bond donors (Lipinski definition) is 2. The van der Waals surface area contributed by atoms with Crippen LogP contribution in [0.15, 0.2) is 12.3 Å². The molecule has 0 saturated heterocycles. The van der Waals surface area contributed by atoms with Crippen LogP contribution in [0.2, 0.25) is 0 Å². The molecule has 2 rings (SSSR count). The Morgan fingerprint density at radius 3 is 2.65 bits per heavy atom. The highest BCUT2D eigenvalue weighted by Crippen LogP contribution is 2.46. The number of nitrogens with zero attached hydrogens (tertiary/aromatic N) is 1. The normalized spacial score (nSPS) is 19.7. The number of nitrogen functional groups attached to an aromatic ring is 1. The molecule has 1 heterocycles. The molecule has 0 spiro atoms. The molecule has 1 atom stereocenters. The van der Waals surface area contributed by atoms with Crippen molar-refractivity contribution in [3.05, 3.63) is 23.4 Å². The van der Waals surface area contributed by atoms with Crippen molar-refractivity contribution in [1.82, 2.24) is 10.3 Å². The van der Waals surface area contributed by atoms with E-state index in [9.17, 15) is 0 Å². The lowest BCUT2D eigenvalue weighted by Crippen LogP contribution is -2.50. The molecule has 0 aromatic carbocycles.